The quantitative estimate of drug-likeness (QED) is 0.481. The summed E-state index contributed by atoms with van der Waals surface area (Å²) in [6.07, 6.45) is 0. The summed E-state index contributed by atoms with van der Waals surface area (Å²) in [4.78, 5) is 25.5. The molecule has 2 aromatic rings. The highest BCUT2D eigenvalue weighted by atomic mass is 35.5. The lowest BCUT2D eigenvalue weighted by atomic mass is 9.91. The number of allylic oxidation sites excluding steroid dienone is 1. The van der Waals surface area contributed by atoms with Crippen molar-refractivity contribution >= 4 is 35.2 Å². The van der Waals surface area contributed by atoms with Crippen molar-refractivity contribution in [3.63, 3.8) is 0 Å². The molecule has 2 N–H and O–H groups in total. The maximum absolute atomic E-state index is 13.0. The third-order valence-corrected chi connectivity index (χ3v) is 5.85. The largest absolute Gasteiger partial charge is 0.493 e. The van der Waals surface area contributed by atoms with Crippen LogP contribution in [0.3, 0.4) is 0 Å². The Labute approximate surface area is 203 Å². The molecular weight excluding hydrogens is 467 g/mol. The van der Waals surface area contributed by atoms with E-state index in [1.54, 1.807) is 43.3 Å². The van der Waals surface area contributed by atoms with Crippen molar-refractivity contribution in [3.05, 3.63) is 68.8 Å². The molecule has 1 atom stereocenters. The number of para-hydroxylation sites is 1. The van der Waals surface area contributed by atoms with Crippen molar-refractivity contribution in [2.45, 2.75) is 33.4 Å². The second-order valence-corrected chi connectivity index (χ2v) is 8.42. The summed E-state index contributed by atoms with van der Waals surface area (Å²) in [7, 11) is 1.51. The van der Waals surface area contributed by atoms with Crippen molar-refractivity contribution < 1.29 is 23.8 Å². The van der Waals surface area contributed by atoms with E-state index < -0.39 is 18.0 Å². The number of esters is 1. The van der Waals surface area contributed by atoms with E-state index in [2.05, 4.69) is 10.6 Å². The van der Waals surface area contributed by atoms with Crippen molar-refractivity contribution in [3.8, 4) is 11.5 Å². The molecule has 176 valence electrons. The predicted octanol–water partition coefficient (Wildman–Crippen LogP) is 5.41. The number of hydrogen-bond acceptors (Lipinski definition) is 5. The molecule has 9 heteroatoms. The fourth-order valence-electron chi connectivity index (χ4n) is 3.60. The molecule has 2 amide bonds. The zero-order valence-electron chi connectivity index (χ0n) is 18.8. The number of amides is 2. The van der Waals surface area contributed by atoms with Gasteiger partial charge >= 0.3 is 12.0 Å². The van der Waals surface area contributed by atoms with Gasteiger partial charge in [-0.3, -0.25) is 0 Å². The number of benzene rings is 2. The topological polar surface area (TPSA) is 85.9 Å². The number of carbonyl (C=O) groups is 2. The Morgan fingerprint density at radius 3 is 2.39 bits per heavy atom. The summed E-state index contributed by atoms with van der Waals surface area (Å²) in [5, 5.41) is 6.49. The highest BCUT2D eigenvalue weighted by Crippen LogP contribution is 2.41. The monoisotopic (exact) mass is 492 g/mol. The lowest BCUT2D eigenvalue weighted by Gasteiger charge is -2.32. The Morgan fingerprint density at radius 2 is 1.79 bits per heavy atom. The van der Waals surface area contributed by atoms with Gasteiger partial charge in [0, 0.05) is 26.9 Å². The maximum atomic E-state index is 13.0. The van der Waals surface area contributed by atoms with Gasteiger partial charge in [0.25, 0.3) is 0 Å². The van der Waals surface area contributed by atoms with Crippen LogP contribution in [0.5, 0.6) is 11.5 Å². The maximum Gasteiger partial charge on any atom is 0.338 e. The smallest absolute Gasteiger partial charge is 0.338 e. The van der Waals surface area contributed by atoms with E-state index in [1.165, 1.54) is 7.11 Å². The summed E-state index contributed by atoms with van der Waals surface area (Å²) in [6.45, 7) is 5.76. The third kappa shape index (κ3) is 5.37. The van der Waals surface area contributed by atoms with Gasteiger partial charge in [0.15, 0.2) is 11.5 Å². The van der Waals surface area contributed by atoms with Gasteiger partial charge in [-0.25, -0.2) is 9.59 Å². The van der Waals surface area contributed by atoms with Crippen LogP contribution in [0.1, 0.15) is 37.9 Å². The van der Waals surface area contributed by atoms with Crippen LogP contribution in [0.25, 0.3) is 0 Å². The van der Waals surface area contributed by atoms with Crippen molar-refractivity contribution in [2.24, 2.45) is 5.92 Å². The Morgan fingerprint density at radius 1 is 1.12 bits per heavy atom. The highest BCUT2D eigenvalue weighted by molar-refractivity contribution is 6.35. The fraction of sp³-hybridized carbons (Fsp3) is 0.333. The molecule has 0 radical (unpaired) electrons. The lowest BCUT2D eigenvalue weighted by Crippen LogP contribution is -2.47. The normalized spacial score (nSPS) is 15.7. The molecule has 33 heavy (non-hydrogen) atoms. The summed E-state index contributed by atoms with van der Waals surface area (Å²) >= 11 is 12.6. The molecule has 2 aromatic carbocycles. The second-order valence-electron chi connectivity index (χ2n) is 7.60. The van der Waals surface area contributed by atoms with Gasteiger partial charge in [-0.1, -0.05) is 55.2 Å². The Balaban J connectivity index is 2.11. The van der Waals surface area contributed by atoms with Gasteiger partial charge < -0.3 is 24.8 Å². The van der Waals surface area contributed by atoms with Gasteiger partial charge in [0.05, 0.1) is 25.3 Å². The van der Waals surface area contributed by atoms with Crippen LogP contribution in [-0.2, 0) is 16.1 Å². The molecule has 0 saturated heterocycles. The van der Waals surface area contributed by atoms with Crippen LogP contribution < -0.4 is 20.1 Å². The van der Waals surface area contributed by atoms with E-state index in [9.17, 15) is 9.59 Å². The molecule has 0 bridgehead atoms. The summed E-state index contributed by atoms with van der Waals surface area (Å²) in [6, 6.07) is 9.19. The average Bonchev–Trinajstić information content (AvgIpc) is 2.78. The number of hydrogen-bond donors (Lipinski definition) is 2. The summed E-state index contributed by atoms with van der Waals surface area (Å²) in [5.74, 6) is 0.127. The number of halogens is 2. The molecular formula is C24H26Cl2N2O5. The number of ether oxygens (including phenoxy) is 3. The summed E-state index contributed by atoms with van der Waals surface area (Å²) in [5.41, 5.74) is 1.94. The molecule has 0 spiro atoms. The fourth-order valence-corrected chi connectivity index (χ4v) is 4.11. The Kier molecular flexibility index (Phi) is 8.10. The molecule has 0 aliphatic carbocycles. The SMILES string of the molecule is CCOC(=O)C1=C(C(C)C)NC(=O)NC1c1cccc(OC)c1OCc1c(Cl)cccc1Cl. The zero-order valence-corrected chi connectivity index (χ0v) is 20.3. The number of methoxy groups -OCH3 is 1. The first kappa shape index (κ1) is 24.7. The van der Waals surface area contributed by atoms with Crippen LogP contribution in [0, 0.1) is 5.92 Å². The highest BCUT2D eigenvalue weighted by Gasteiger charge is 2.36. The number of carbonyl (C=O) groups excluding carboxylic acids is 2. The molecule has 0 fully saturated rings. The van der Waals surface area contributed by atoms with Gasteiger partial charge in [-0.05, 0) is 31.0 Å². The third-order valence-electron chi connectivity index (χ3n) is 5.14. The molecule has 3 rings (SSSR count). The van der Waals surface area contributed by atoms with Crippen LogP contribution in [-0.4, -0.2) is 25.7 Å². The predicted molar refractivity (Wildman–Crippen MR) is 127 cm³/mol. The zero-order chi connectivity index (χ0) is 24.1. The molecule has 1 heterocycles. The first-order valence-corrected chi connectivity index (χ1v) is 11.2. The molecule has 1 aliphatic rings. The van der Waals surface area contributed by atoms with Crippen molar-refractivity contribution in [1.82, 2.24) is 10.6 Å². The Hall–Kier alpha value is -2.90. The van der Waals surface area contributed by atoms with E-state index in [1.807, 2.05) is 13.8 Å². The molecule has 1 aliphatic heterocycles. The minimum absolute atomic E-state index is 0.0558. The average molecular weight is 493 g/mol. The van der Waals surface area contributed by atoms with Crippen molar-refractivity contribution in [2.75, 3.05) is 13.7 Å². The Bertz CT molecular complexity index is 1060. The molecule has 7 nitrogen and oxygen atoms in total. The van der Waals surface area contributed by atoms with Gasteiger partial charge in [0.1, 0.15) is 6.61 Å². The van der Waals surface area contributed by atoms with Crippen LogP contribution >= 0.6 is 23.2 Å². The molecule has 1 unspecified atom stereocenters. The van der Waals surface area contributed by atoms with E-state index in [-0.39, 0.29) is 19.1 Å². The number of rotatable bonds is 8. The molecule has 0 aromatic heterocycles. The van der Waals surface area contributed by atoms with E-state index in [4.69, 9.17) is 37.4 Å². The first-order valence-electron chi connectivity index (χ1n) is 10.5. The van der Waals surface area contributed by atoms with Crippen LogP contribution in [0.2, 0.25) is 10.0 Å². The minimum Gasteiger partial charge on any atom is -0.493 e. The standard InChI is InChI=1S/C24H26Cl2N2O5/c1-5-32-23(29)19-20(13(2)3)27-24(30)28-21(19)14-8-6-11-18(31-4)22(14)33-12-15-16(25)9-7-10-17(15)26/h6-11,13,21H,5,12H2,1-4H3,(H2,27,28,30). The minimum atomic E-state index is -0.818. The number of nitrogens with one attached hydrogen (secondary N) is 2. The van der Waals surface area contributed by atoms with Gasteiger partial charge in [-0.15, -0.1) is 0 Å². The lowest BCUT2D eigenvalue weighted by molar-refractivity contribution is -0.139. The summed E-state index contributed by atoms with van der Waals surface area (Å²) < 4.78 is 17.0. The van der Waals surface area contributed by atoms with Gasteiger partial charge in [0.2, 0.25) is 0 Å². The number of urea groups is 1. The van der Waals surface area contributed by atoms with E-state index in [0.29, 0.717) is 43.9 Å². The van der Waals surface area contributed by atoms with Crippen LogP contribution in [0.4, 0.5) is 4.79 Å². The van der Waals surface area contributed by atoms with Crippen molar-refractivity contribution in [1.29, 1.82) is 0 Å². The van der Waals surface area contributed by atoms with E-state index in [0.717, 1.165) is 0 Å². The van der Waals surface area contributed by atoms with Gasteiger partial charge in [-0.2, -0.15) is 0 Å². The van der Waals surface area contributed by atoms with E-state index >= 15 is 0 Å². The first-order chi connectivity index (χ1) is 15.8. The molecule has 0 saturated carbocycles. The van der Waals surface area contributed by atoms with Crippen LogP contribution in [0.15, 0.2) is 47.7 Å². The second kappa shape index (κ2) is 10.8.